The number of alkyl halides is 3. The predicted molar refractivity (Wildman–Crippen MR) is 158 cm³/mol. The number of benzene rings is 2. The third-order valence-electron chi connectivity index (χ3n) is 7.14. The van der Waals surface area contributed by atoms with Crippen molar-refractivity contribution >= 4 is 23.3 Å². The van der Waals surface area contributed by atoms with Gasteiger partial charge in [0.1, 0.15) is 29.6 Å². The second-order valence-electron chi connectivity index (χ2n) is 10.3. The van der Waals surface area contributed by atoms with Gasteiger partial charge in [0.15, 0.2) is 0 Å². The molecule has 2 aromatic carbocycles. The van der Waals surface area contributed by atoms with Crippen LogP contribution in [0, 0.1) is 11.7 Å². The second-order valence-corrected chi connectivity index (χ2v) is 10.7. The summed E-state index contributed by atoms with van der Waals surface area (Å²) in [4.78, 5) is 14.1. The first-order valence-corrected chi connectivity index (χ1v) is 14.3. The normalized spacial score (nSPS) is 14.6. The van der Waals surface area contributed by atoms with E-state index in [2.05, 4.69) is 27.0 Å². The van der Waals surface area contributed by atoms with Crippen LogP contribution in [0.15, 0.2) is 72.8 Å². The number of carbonyl (C=O) groups excluding carboxylic acids is 1. The van der Waals surface area contributed by atoms with E-state index in [1.807, 2.05) is 12.1 Å². The molecule has 0 spiro atoms. The van der Waals surface area contributed by atoms with E-state index in [0.717, 1.165) is 36.4 Å². The molecule has 0 radical (unpaired) electrons. The van der Waals surface area contributed by atoms with Gasteiger partial charge in [-0.05, 0) is 47.7 Å². The summed E-state index contributed by atoms with van der Waals surface area (Å²) in [5, 5.41) is 0.0856. The fraction of sp³-hybridized carbons (Fsp3) is 0.406. The molecule has 3 rings (SSSR count). The molecule has 10 heteroatoms. The van der Waals surface area contributed by atoms with Crippen LogP contribution in [-0.4, -0.2) is 37.4 Å². The van der Waals surface area contributed by atoms with Gasteiger partial charge < -0.3 is 9.47 Å². The molecule has 0 saturated carbocycles. The molecule has 0 bridgehead atoms. The topological polar surface area (TPSA) is 42.0 Å². The van der Waals surface area contributed by atoms with Gasteiger partial charge in [0, 0.05) is 24.2 Å². The van der Waals surface area contributed by atoms with Crippen molar-refractivity contribution in [3.05, 3.63) is 94.8 Å². The van der Waals surface area contributed by atoms with Gasteiger partial charge in [-0.25, -0.2) is 9.18 Å². The number of rotatable bonds is 14. The zero-order valence-corrected chi connectivity index (χ0v) is 25.0. The number of hydrogen-bond donors (Lipinski definition) is 0. The number of allylic oxidation sites excluding steroid dienone is 2. The highest BCUT2D eigenvalue weighted by molar-refractivity contribution is 6.31. The largest absolute Gasteiger partial charge is 0.495 e. The summed E-state index contributed by atoms with van der Waals surface area (Å²) in [6.07, 6.45) is 1.78. The van der Waals surface area contributed by atoms with Crippen LogP contribution in [0.25, 0.3) is 0 Å². The highest BCUT2D eigenvalue weighted by Crippen LogP contribution is 2.38. The molecule has 2 aromatic rings. The monoisotopic (exact) mass is 608 g/mol. The summed E-state index contributed by atoms with van der Waals surface area (Å²) in [6.45, 7) is 12.6. The van der Waals surface area contributed by atoms with E-state index in [4.69, 9.17) is 21.1 Å². The Balaban J connectivity index is 1.76. The summed E-state index contributed by atoms with van der Waals surface area (Å²) in [6, 6.07) is 8.47. The van der Waals surface area contributed by atoms with Gasteiger partial charge in [-0.3, -0.25) is 9.80 Å². The molecule has 1 aliphatic rings. The van der Waals surface area contributed by atoms with Crippen molar-refractivity contribution in [1.29, 1.82) is 0 Å². The van der Waals surface area contributed by atoms with Crippen molar-refractivity contribution in [1.82, 2.24) is 4.90 Å². The van der Waals surface area contributed by atoms with Crippen molar-refractivity contribution < 1.29 is 31.8 Å². The lowest BCUT2D eigenvalue weighted by Crippen LogP contribution is -2.46. The molecule has 5 nitrogen and oxygen atoms in total. The number of hydrogen-bond acceptors (Lipinski definition) is 3. The lowest BCUT2D eigenvalue weighted by atomic mass is 10.00. The lowest BCUT2D eigenvalue weighted by molar-refractivity contribution is -0.106. The first-order chi connectivity index (χ1) is 19.9. The molecule has 228 valence electrons. The van der Waals surface area contributed by atoms with Gasteiger partial charge in [0.25, 0.3) is 0 Å². The maximum Gasteiger partial charge on any atom is 0.431 e. The van der Waals surface area contributed by atoms with E-state index >= 15 is 4.39 Å². The minimum absolute atomic E-state index is 0.0856. The van der Waals surface area contributed by atoms with E-state index in [0.29, 0.717) is 40.6 Å². The van der Waals surface area contributed by atoms with Crippen LogP contribution in [0.3, 0.4) is 0 Å². The van der Waals surface area contributed by atoms with Gasteiger partial charge in [0.2, 0.25) is 0 Å². The first-order valence-electron chi connectivity index (χ1n) is 13.9. The summed E-state index contributed by atoms with van der Waals surface area (Å²) in [7, 11) is 0.968. The van der Waals surface area contributed by atoms with Crippen molar-refractivity contribution in [3.8, 4) is 5.75 Å². The third-order valence-corrected chi connectivity index (χ3v) is 7.49. The maximum absolute atomic E-state index is 15.1. The molecule has 0 N–H and O–H groups in total. The van der Waals surface area contributed by atoms with E-state index in [-0.39, 0.29) is 29.4 Å². The molecule has 1 atom stereocenters. The maximum atomic E-state index is 15.1. The number of ether oxygens (including phenoxy) is 2. The van der Waals surface area contributed by atoms with Crippen LogP contribution in [-0.2, 0) is 11.2 Å². The molecule has 42 heavy (non-hydrogen) atoms. The Bertz CT molecular complexity index is 1330. The highest BCUT2D eigenvalue weighted by atomic mass is 35.5. The van der Waals surface area contributed by atoms with Crippen LogP contribution in [0.1, 0.15) is 57.1 Å². The van der Waals surface area contributed by atoms with Crippen molar-refractivity contribution in [2.75, 3.05) is 25.2 Å². The molecule has 1 heterocycles. The standard InChI is InChI=1S/C32H37ClF4N2O3/c1-6-8-9-12-23(7-2)20-41-22(4)19-42-29-14-11-10-13-24(29)16-25-17-28(27(34)18-26(25)33)39-21(3)15-30(32(35,36)37)38(5)31(39)40/h10-11,13-15,17-18,23H,3-4,6-9,12,16,19-20H2,1-2,5H3. The molecule has 0 fully saturated rings. The van der Waals surface area contributed by atoms with E-state index in [1.165, 1.54) is 25.3 Å². The number of para-hydroxylation sites is 1. The number of unbranched alkanes of at least 4 members (excludes halogenated alkanes) is 2. The lowest BCUT2D eigenvalue weighted by Gasteiger charge is -2.35. The van der Waals surface area contributed by atoms with E-state index in [1.54, 1.807) is 12.1 Å². The number of carbonyl (C=O) groups is 1. The molecular weight excluding hydrogens is 572 g/mol. The molecule has 0 saturated heterocycles. The Labute approximate surface area is 250 Å². The van der Waals surface area contributed by atoms with Gasteiger partial charge >= 0.3 is 12.2 Å². The summed E-state index contributed by atoms with van der Waals surface area (Å²) >= 11 is 6.37. The number of amides is 2. The fourth-order valence-electron chi connectivity index (χ4n) is 4.63. The SMILES string of the molecule is C=C(COc1ccccc1Cc1cc(N2C(=C)C=C(C(F)(F)F)N(C)C2=O)c(F)cc1Cl)OCC(CC)CCCCC. The minimum Gasteiger partial charge on any atom is -0.495 e. The third kappa shape index (κ3) is 8.31. The fourth-order valence-corrected chi connectivity index (χ4v) is 4.85. The second kappa shape index (κ2) is 14.6. The Kier molecular flexibility index (Phi) is 11.5. The van der Waals surface area contributed by atoms with Gasteiger partial charge in [-0.15, -0.1) is 0 Å². The predicted octanol–water partition coefficient (Wildman–Crippen LogP) is 9.42. The van der Waals surface area contributed by atoms with Crippen molar-refractivity contribution in [3.63, 3.8) is 0 Å². The molecule has 0 aromatic heterocycles. The Hall–Kier alpha value is -3.46. The minimum atomic E-state index is -4.78. The van der Waals surface area contributed by atoms with Gasteiger partial charge in [-0.1, -0.05) is 82.5 Å². The van der Waals surface area contributed by atoms with Crippen LogP contribution in [0.2, 0.25) is 5.02 Å². The van der Waals surface area contributed by atoms with Crippen LogP contribution < -0.4 is 9.64 Å². The van der Waals surface area contributed by atoms with Gasteiger partial charge in [-0.2, -0.15) is 13.2 Å². The van der Waals surface area contributed by atoms with Crippen molar-refractivity contribution in [2.45, 2.75) is 58.5 Å². The zero-order valence-electron chi connectivity index (χ0n) is 24.2. The zero-order chi connectivity index (χ0) is 31.0. The number of halogens is 5. The van der Waals surface area contributed by atoms with E-state index < -0.39 is 23.7 Å². The molecule has 2 amide bonds. The number of urea groups is 1. The molecule has 1 unspecified atom stereocenters. The quantitative estimate of drug-likeness (QED) is 0.122. The highest BCUT2D eigenvalue weighted by Gasteiger charge is 2.43. The molecule has 1 aliphatic heterocycles. The summed E-state index contributed by atoms with van der Waals surface area (Å²) < 4.78 is 67.0. The van der Waals surface area contributed by atoms with Gasteiger partial charge in [0.05, 0.1) is 12.3 Å². The number of anilines is 1. The summed E-state index contributed by atoms with van der Waals surface area (Å²) in [5.41, 5.74) is -0.627. The number of nitrogens with zero attached hydrogens (tertiary/aromatic N) is 2. The van der Waals surface area contributed by atoms with E-state index in [9.17, 15) is 18.0 Å². The first kappa shape index (κ1) is 33.0. The average Bonchev–Trinajstić information content (AvgIpc) is 2.93. The van der Waals surface area contributed by atoms with Crippen molar-refractivity contribution in [2.24, 2.45) is 5.92 Å². The smallest absolute Gasteiger partial charge is 0.431 e. The average molecular weight is 609 g/mol. The summed E-state index contributed by atoms with van der Waals surface area (Å²) in [5.74, 6) is 0.607. The Morgan fingerprint density at radius 1 is 1.12 bits per heavy atom. The van der Waals surface area contributed by atoms with Crippen LogP contribution in [0.5, 0.6) is 5.75 Å². The Morgan fingerprint density at radius 3 is 2.50 bits per heavy atom. The molecule has 0 aliphatic carbocycles. The Morgan fingerprint density at radius 2 is 1.83 bits per heavy atom. The van der Waals surface area contributed by atoms with Crippen LogP contribution >= 0.6 is 11.6 Å². The van der Waals surface area contributed by atoms with Crippen LogP contribution in [0.4, 0.5) is 28.0 Å². The molecular formula is C32H37ClF4N2O3.